The molecule has 106 valence electrons. The minimum Gasteiger partial charge on any atom is -0.497 e. The van der Waals surface area contributed by atoms with Gasteiger partial charge in [0.25, 0.3) is 0 Å². The molecule has 0 bridgehead atoms. The SMILES string of the molecule is COc1ccc(OC)c(NC(=O)C2CCCN2)c1.Cl. The summed E-state index contributed by atoms with van der Waals surface area (Å²) >= 11 is 0. The number of rotatable bonds is 4. The van der Waals surface area contributed by atoms with Crippen molar-refractivity contribution in [1.29, 1.82) is 0 Å². The van der Waals surface area contributed by atoms with E-state index in [9.17, 15) is 4.79 Å². The first-order valence-electron chi connectivity index (χ1n) is 6.01. The maximum Gasteiger partial charge on any atom is 0.241 e. The lowest BCUT2D eigenvalue weighted by Gasteiger charge is -2.14. The summed E-state index contributed by atoms with van der Waals surface area (Å²) in [5.41, 5.74) is 0.635. The Balaban J connectivity index is 0.00000180. The lowest BCUT2D eigenvalue weighted by Crippen LogP contribution is -2.35. The Morgan fingerprint density at radius 3 is 2.74 bits per heavy atom. The normalized spacial score (nSPS) is 17.5. The summed E-state index contributed by atoms with van der Waals surface area (Å²) in [5, 5.41) is 6.03. The highest BCUT2D eigenvalue weighted by molar-refractivity contribution is 5.96. The fourth-order valence-electron chi connectivity index (χ4n) is 2.04. The molecule has 0 saturated carbocycles. The van der Waals surface area contributed by atoms with Gasteiger partial charge in [-0.3, -0.25) is 4.79 Å². The van der Waals surface area contributed by atoms with Crippen molar-refractivity contribution in [2.45, 2.75) is 18.9 Å². The number of anilines is 1. The average molecular weight is 287 g/mol. The number of hydrogen-bond acceptors (Lipinski definition) is 4. The van der Waals surface area contributed by atoms with Gasteiger partial charge < -0.3 is 20.1 Å². The zero-order valence-electron chi connectivity index (χ0n) is 11.1. The maximum absolute atomic E-state index is 12.0. The van der Waals surface area contributed by atoms with Crippen LogP contribution < -0.4 is 20.1 Å². The molecule has 0 spiro atoms. The number of carbonyl (C=O) groups excluding carboxylic acids is 1. The highest BCUT2D eigenvalue weighted by Gasteiger charge is 2.22. The molecule has 0 aromatic heterocycles. The Bertz CT molecular complexity index is 434. The van der Waals surface area contributed by atoms with Gasteiger partial charge in [-0.1, -0.05) is 0 Å². The number of benzene rings is 1. The van der Waals surface area contributed by atoms with Gasteiger partial charge in [0, 0.05) is 6.07 Å². The molecule has 1 fully saturated rings. The molecular weight excluding hydrogens is 268 g/mol. The first-order chi connectivity index (χ1) is 8.74. The zero-order chi connectivity index (χ0) is 13.0. The number of halogens is 1. The van der Waals surface area contributed by atoms with Crippen LogP contribution in [-0.2, 0) is 4.79 Å². The molecule has 5 nitrogen and oxygen atoms in total. The average Bonchev–Trinajstić information content (AvgIpc) is 2.92. The van der Waals surface area contributed by atoms with Crippen LogP contribution in [0, 0.1) is 0 Å². The van der Waals surface area contributed by atoms with E-state index in [-0.39, 0.29) is 24.4 Å². The van der Waals surface area contributed by atoms with Gasteiger partial charge in [-0.15, -0.1) is 12.4 Å². The van der Waals surface area contributed by atoms with Gasteiger partial charge in [-0.25, -0.2) is 0 Å². The molecule has 19 heavy (non-hydrogen) atoms. The van der Waals surface area contributed by atoms with Crippen molar-refractivity contribution in [3.63, 3.8) is 0 Å². The van der Waals surface area contributed by atoms with Gasteiger partial charge in [-0.2, -0.15) is 0 Å². The summed E-state index contributed by atoms with van der Waals surface area (Å²) < 4.78 is 10.4. The first-order valence-corrected chi connectivity index (χ1v) is 6.01. The second kappa shape index (κ2) is 7.21. The highest BCUT2D eigenvalue weighted by atomic mass is 35.5. The van der Waals surface area contributed by atoms with Crippen molar-refractivity contribution in [2.24, 2.45) is 0 Å². The lowest BCUT2D eigenvalue weighted by atomic mass is 10.2. The van der Waals surface area contributed by atoms with Gasteiger partial charge in [0.05, 0.1) is 25.9 Å². The summed E-state index contributed by atoms with van der Waals surface area (Å²) in [6.45, 7) is 0.896. The molecule has 6 heteroatoms. The fraction of sp³-hybridized carbons (Fsp3) is 0.462. The molecule has 0 aliphatic carbocycles. The molecule has 1 heterocycles. The molecule has 1 atom stereocenters. The van der Waals surface area contributed by atoms with Crippen molar-refractivity contribution in [2.75, 3.05) is 26.1 Å². The fourth-order valence-corrected chi connectivity index (χ4v) is 2.04. The van der Waals surface area contributed by atoms with E-state index < -0.39 is 0 Å². The Kier molecular flexibility index (Phi) is 5.92. The third kappa shape index (κ3) is 3.75. The van der Waals surface area contributed by atoms with E-state index in [1.807, 2.05) is 0 Å². The van der Waals surface area contributed by atoms with Crippen LogP contribution in [0.1, 0.15) is 12.8 Å². The van der Waals surface area contributed by atoms with Crippen molar-refractivity contribution < 1.29 is 14.3 Å². The molecule has 2 N–H and O–H groups in total. The lowest BCUT2D eigenvalue weighted by molar-refractivity contribution is -0.117. The minimum absolute atomic E-state index is 0. The minimum atomic E-state index is -0.110. The summed E-state index contributed by atoms with van der Waals surface area (Å²) in [5.74, 6) is 1.28. The molecule has 1 amide bonds. The second-order valence-corrected chi connectivity index (χ2v) is 4.20. The molecule has 1 unspecified atom stereocenters. The zero-order valence-corrected chi connectivity index (χ0v) is 11.9. The number of amides is 1. The molecule has 1 aliphatic rings. The first kappa shape index (κ1) is 15.6. The number of nitrogens with one attached hydrogen (secondary N) is 2. The van der Waals surface area contributed by atoms with E-state index in [4.69, 9.17) is 9.47 Å². The predicted octanol–water partition coefficient (Wildman–Crippen LogP) is 1.82. The van der Waals surface area contributed by atoms with Crippen LogP contribution >= 0.6 is 12.4 Å². The Morgan fingerprint density at radius 1 is 1.37 bits per heavy atom. The van der Waals surface area contributed by atoms with Crippen LogP contribution in [0.4, 0.5) is 5.69 Å². The van der Waals surface area contributed by atoms with Crippen molar-refractivity contribution in [3.8, 4) is 11.5 Å². The van der Waals surface area contributed by atoms with Crippen LogP contribution in [-0.4, -0.2) is 32.7 Å². The van der Waals surface area contributed by atoms with E-state index >= 15 is 0 Å². The van der Waals surface area contributed by atoms with Crippen LogP contribution in [0.5, 0.6) is 11.5 Å². The summed E-state index contributed by atoms with van der Waals surface area (Å²) in [7, 11) is 3.16. The maximum atomic E-state index is 12.0. The molecule has 1 aliphatic heterocycles. The molecule has 1 aromatic rings. The third-order valence-corrected chi connectivity index (χ3v) is 3.04. The summed E-state index contributed by atoms with van der Waals surface area (Å²) in [4.78, 5) is 12.0. The Hall–Kier alpha value is -1.46. The van der Waals surface area contributed by atoms with Crippen molar-refractivity contribution in [1.82, 2.24) is 5.32 Å². The Labute approximate surface area is 119 Å². The second-order valence-electron chi connectivity index (χ2n) is 4.20. The number of methoxy groups -OCH3 is 2. The molecule has 1 aromatic carbocycles. The number of carbonyl (C=O) groups is 1. The van der Waals surface area contributed by atoms with E-state index in [1.54, 1.807) is 32.4 Å². The quantitative estimate of drug-likeness (QED) is 0.886. The monoisotopic (exact) mass is 286 g/mol. The van der Waals surface area contributed by atoms with E-state index in [0.717, 1.165) is 19.4 Å². The van der Waals surface area contributed by atoms with Crippen molar-refractivity contribution in [3.05, 3.63) is 18.2 Å². The van der Waals surface area contributed by atoms with E-state index in [1.165, 1.54) is 0 Å². The van der Waals surface area contributed by atoms with Gasteiger partial charge >= 0.3 is 0 Å². The summed E-state index contributed by atoms with van der Waals surface area (Å²) in [6.07, 6.45) is 1.91. The van der Waals surface area contributed by atoms with Gasteiger partial charge in [0.2, 0.25) is 5.91 Å². The predicted molar refractivity (Wildman–Crippen MR) is 76.4 cm³/mol. The highest BCUT2D eigenvalue weighted by Crippen LogP contribution is 2.29. The molecule has 1 saturated heterocycles. The van der Waals surface area contributed by atoms with Crippen molar-refractivity contribution >= 4 is 24.0 Å². The topological polar surface area (TPSA) is 59.6 Å². The largest absolute Gasteiger partial charge is 0.497 e. The van der Waals surface area contributed by atoms with E-state index in [0.29, 0.717) is 17.2 Å². The van der Waals surface area contributed by atoms with Crippen LogP contribution in [0.15, 0.2) is 18.2 Å². The van der Waals surface area contributed by atoms with Crippen LogP contribution in [0.25, 0.3) is 0 Å². The van der Waals surface area contributed by atoms with Gasteiger partial charge in [-0.05, 0) is 31.5 Å². The van der Waals surface area contributed by atoms with Crippen LogP contribution in [0.2, 0.25) is 0 Å². The van der Waals surface area contributed by atoms with E-state index in [2.05, 4.69) is 10.6 Å². The number of hydrogen-bond donors (Lipinski definition) is 2. The molecular formula is C13H19ClN2O3. The molecule has 0 radical (unpaired) electrons. The van der Waals surface area contributed by atoms with Crippen LogP contribution in [0.3, 0.4) is 0 Å². The molecule has 2 rings (SSSR count). The Morgan fingerprint density at radius 2 is 2.16 bits per heavy atom. The summed E-state index contributed by atoms with van der Waals surface area (Å²) in [6, 6.07) is 5.21. The smallest absolute Gasteiger partial charge is 0.241 e. The standard InChI is InChI=1S/C13H18N2O3.ClH/c1-17-9-5-6-12(18-2)11(8-9)15-13(16)10-4-3-7-14-10;/h5-6,8,10,14H,3-4,7H2,1-2H3,(H,15,16);1H. The van der Waals surface area contributed by atoms with Gasteiger partial charge in [0.1, 0.15) is 11.5 Å². The van der Waals surface area contributed by atoms with Gasteiger partial charge in [0.15, 0.2) is 0 Å². The third-order valence-electron chi connectivity index (χ3n) is 3.04. The number of ether oxygens (including phenoxy) is 2.